The molecule has 0 spiro atoms. The van der Waals surface area contributed by atoms with Gasteiger partial charge in [-0.1, -0.05) is 0 Å². The van der Waals surface area contributed by atoms with Crippen LogP contribution in [0.3, 0.4) is 0 Å². The molecule has 0 bridgehead atoms. The molecule has 1 aromatic rings. The number of anilines is 1. The lowest BCUT2D eigenvalue weighted by molar-refractivity contribution is 0.375. The number of hydrogen-bond acceptors (Lipinski definition) is 3. The highest BCUT2D eigenvalue weighted by Crippen LogP contribution is 2.34. The van der Waals surface area contributed by atoms with E-state index in [1.807, 2.05) is 0 Å². The second kappa shape index (κ2) is 3.25. The lowest BCUT2D eigenvalue weighted by Gasteiger charge is -2.46. The first-order valence-corrected chi connectivity index (χ1v) is 5.23. The van der Waals surface area contributed by atoms with Gasteiger partial charge in [-0.05, 0) is 36.2 Å². The SMILES string of the molecule is CC1CC(C)N1c1ncncc1Br. The molecule has 1 saturated heterocycles. The third-order valence-corrected chi connectivity index (χ3v) is 3.08. The van der Waals surface area contributed by atoms with Gasteiger partial charge >= 0.3 is 0 Å². The van der Waals surface area contributed by atoms with Gasteiger partial charge in [0.25, 0.3) is 0 Å². The monoisotopic (exact) mass is 241 g/mol. The maximum Gasteiger partial charge on any atom is 0.146 e. The Morgan fingerprint density at radius 3 is 2.69 bits per heavy atom. The number of hydrogen-bond donors (Lipinski definition) is 0. The Morgan fingerprint density at radius 1 is 1.46 bits per heavy atom. The highest BCUT2D eigenvalue weighted by atomic mass is 79.9. The number of rotatable bonds is 1. The summed E-state index contributed by atoms with van der Waals surface area (Å²) in [6.45, 7) is 4.43. The van der Waals surface area contributed by atoms with Crippen LogP contribution in [0.15, 0.2) is 17.0 Å². The van der Waals surface area contributed by atoms with Crippen LogP contribution in [0.4, 0.5) is 5.82 Å². The molecule has 1 aromatic heterocycles. The summed E-state index contributed by atoms with van der Waals surface area (Å²) in [5.74, 6) is 1.02. The molecule has 2 heterocycles. The van der Waals surface area contributed by atoms with Crippen LogP contribution in [0.2, 0.25) is 0 Å². The van der Waals surface area contributed by atoms with E-state index in [1.54, 1.807) is 12.5 Å². The van der Waals surface area contributed by atoms with Gasteiger partial charge in [-0.3, -0.25) is 0 Å². The van der Waals surface area contributed by atoms with Crippen molar-refractivity contribution in [3.8, 4) is 0 Å². The van der Waals surface area contributed by atoms with Crippen LogP contribution < -0.4 is 4.90 Å². The largest absolute Gasteiger partial charge is 0.350 e. The van der Waals surface area contributed by atoms with Crippen molar-refractivity contribution in [1.82, 2.24) is 9.97 Å². The number of nitrogens with zero attached hydrogens (tertiary/aromatic N) is 3. The zero-order valence-corrected chi connectivity index (χ0v) is 9.32. The average Bonchev–Trinajstić information content (AvgIpc) is 2.09. The fourth-order valence-electron chi connectivity index (χ4n) is 1.93. The van der Waals surface area contributed by atoms with Gasteiger partial charge in [0.15, 0.2) is 0 Å². The zero-order valence-electron chi connectivity index (χ0n) is 7.74. The summed E-state index contributed by atoms with van der Waals surface area (Å²) in [5.41, 5.74) is 0. The lowest BCUT2D eigenvalue weighted by atomic mass is 9.96. The molecule has 70 valence electrons. The number of aromatic nitrogens is 2. The fraction of sp³-hybridized carbons (Fsp3) is 0.556. The van der Waals surface area contributed by atoms with Gasteiger partial charge in [0.05, 0.1) is 4.47 Å². The summed E-state index contributed by atoms with van der Waals surface area (Å²) < 4.78 is 0.980. The molecule has 0 aromatic carbocycles. The second-order valence-corrected chi connectivity index (χ2v) is 4.39. The summed E-state index contributed by atoms with van der Waals surface area (Å²) in [6.07, 6.45) is 4.63. The van der Waals surface area contributed by atoms with Gasteiger partial charge in [0, 0.05) is 18.3 Å². The smallest absolute Gasteiger partial charge is 0.146 e. The first-order chi connectivity index (χ1) is 6.20. The van der Waals surface area contributed by atoms with Gasteiger partial charge in [-0.25, -0.2) is 9.97 Å². The quantitative estimate of drug-likeness (QED) is 0.756. The zero-order chi connectivity index (χ0) is 9.42. The van der Waals surface area contributed by atoms with Crippen LogP contribution in [0, 0.1) is 0 Å². The molecular formula is C9H12BrN3. The Labute approximate surface area is 86.3 Å². The van der Waals surface area contributed by atoms with E-state index in [1.165, 1.54) is 6.42 Å². The number of halogens is 1. The second-order valence-electron chi connectivity index (χ2n) is 3.54. The van der Waals surface area contributed by atoms with Gasteiger partial charge in [-0.2, -0.15) is 0 Å². The minimum Gasteiger partial charge on any atom is -0.350 e. The Hall–Kier alpha value is -0.640. The first-order valence-electron chi connectivity index (χ1n) is 4.44. The molecular weight excluding hydrogens is 230 g/mol. The standard InChI is InChI=1S/C9H12BrN3/c1-6-3-7(2)13(6)9-8(10)4-11-5-12-9/h4-7H,3H2,1-2H3. The average molecular weight is 242 g/mol. The molecule has 2 rings (SSSR count). The Kier molecular flexibility index (Phi) is 2.24. The third kappa shape index (κ3) is 1.43. The molecule has 1 fully saturated rings. The van der Waals surface area contributed by atoms with Crippen LogP contribution in [0.25, 0.3) is 0 Å². The van der Waals surface area contributed by atoms with E-state index in [4.69, 9.17) is 0 Å². The molecule has 2 atom stereocenters. The molecule has 0 saturated carbocycles. The molecule has 0 N–H and O–H groups in total. The highest BCUT2D eigenvalue weighted by Gasteiger charge is 2.33. The van der Waals surface area contributed by atoms with Crippen LogP contribution in [-0.4, -0.2) is 22.1 Å². The van der Waals surface area contributed by atoms with Gasteiger partial charge in [-0.15, -0.1) is 0 Å². The van der Waals surface area contributed by atoms with E-state index in [-0.39, 0.29) is 0 Å². The van der Waals surface area contributed by atoms with E-state index >= 15 is 0 Å². The van der Waals surface area contributed by atoms with Crippen molar-refractivity contribution >= 4 is 21.7 Å². The van der Waals surface area contributed by atoms with Crippen molar-refractivity contribution in [2.24, 2.45) is 0 Å². The molecule has 0 radical (unpaired) electrons. The van der Waals surface area contributed by atoms with Crippen molar-refractivity contribution in [3.05, 3.63) is 17.0 Å². The van der Waals surface area contributed by atoms with E-state index < -0.39 is 0 Å². The maximum atomic E-state index is 4.27. The van der Waals surface area contributed by atoms with Crippen molar-refractivity contribution < 1.29 is 0 Å². The van der Waals surface area contributed by atoms with E-state index in [0.717, 1.165) is 10.3 Å². The molecule has 13 heavy (non-hydrogen) atoms. The normalized spacial score (nSPS) is 27.2. The van der Waals surface area contributed by atoms with Crippen LogP contribution in [0.5, 0.6) is 0 Å². The van der Waals surface area contributed by atoms with Crippen molar-refractivity contribution in [1.29, 1.82) is 0 Å². The van der Waals surface area contributed by atoms with Crippen molar-refractivity contribution in [3.63, 3.8) is 0 Å². The van der Waals surface area contributed by atoms with E-state index in [9.17, 15) is 0 Å². The molecule has 4 heteroatoms. The Morgan fingerprint density at radius 2 is 2.15 bits per heavy atom. The molecule has 1 aliphatic rings. The topological polar surface area (TPSA) is 29.0 Å². The molecule has 3 nitrogen and oxygen atoms in total. The molecule has 0 amide bonds. The van der Waals surface area contributed by atoms with Crippen LogP contribution in [0.1, 0.15) is 20.3 Å². The van der Waals surface area contributed by atoms with E-state index in [0.29, 0.717) is 12.1 Å². The molecule has 1 aliphatic heterocycles. The maximum absolute atomic E-state index is 4.27. The summed E-state index contributed by atoms with van der Waals surface area (Å²) >= 11 is 3.46. The summed E-state index contributed by atoms with van der Waals surface area (Å²) in [7, 11) is 0. The summed E-state index contributed by atoms with van der Waals surface area (Å²) in [6, 6.07) is 1.20. The molecule has 2 unspecified atom stereocenters. The van der Waals surface area contributed by atoms with Gasteiger partial charge in [0.1, 0.15) is 12.1 Å². The minimum absolute atomic E-state index is 0.598. The predicted molar refractivity (Wildman–Crippen MR) is 55.8 cm³/mol. The highest BCUT2D eigenvalue weighted by molar-refractivity contribution is 9.10. The van der Waals surface area contributed by atoms with Crippen molar-refractivity contribution in [2.45, 2.75) is 32.4 Å². The fourth-order valence-corrected chi connectivity index (χ4v) is 2.36. The Bertz CT molecular complexity index is 307. The Balaban J connectivity index is 2.30. The van der Waals surface area contributed by atoms with Gasteiger partial charge in [0.2, 0.25) is 0 Å². The van der Waals surface area contributed by atoms with Crippen molar-refractivity contribution in [2.75, 3.05) is 4.90 Å². The molecule has 0 aliphatic carbocycles. The lowest BCUT2D eigenvalue weighted by Crippen LogP contribution is -2.53. The minimum atomic E-state index is 0.598. The van der Waals surface area contributed by atoms with E-state index in [2.05, 4.69) is 44.6 Å². The summed E-state index contributed by atoms with van der Waals surface area (Å²) in [5, 5.41) is 0. The first kappa shape index (κ1) is 8.94. The van der Waals surface area contributed by atoms with Gasteiger partial charge < -0.3 is 4.90 Å². The van der Waals surface area contributed by atoms with Crippen LogP contribution in [-0.2, 0) is 0 Å². The third-order valence-electron chi connectivity index (χ3n) is 2.52. The predicted octanol–water partition coefficient (Wildman–Crippen LogP) is 2.23. The summed E-state index contributed by atoms with van der Waals surface area (Å²) in [4.78, 5) is 10.5. The van der Waals surface area contributed by atoms with Crippen LogP contribution >= 0.6 is 15.9 Å².